The molecule has 0 fully saturated rings. The summed E-state index contributed by atoms with van der Waals surface area (Å²) in [6.07, 6.45) is 0. The first-order valence-corrected chi connectivity index (χ1v) is 5.35. The maximum atomic E-state index is 8.42. The van der Waals surface area contributed by atoms with E-state index in [9.17, 15) is 0 Å². The van der Waals surface area contributed by atoms with Crippen molar-refractivity contribution in [2.24, 2.45) is 5.41 Å². The molecule has 16 heavy (non-hydrogen) atoms. The summed E-state index contributed by atoms with van der Waals surface area (Å²) >= 11 is 0. The molecule has 0 saturated carbocycles. The Kier molecular flexibility index (Phi) is 4.19. The molecule has 0 radical (unpaired) electrons. The van der Waals surface area contributed by atoms with Gasteiger partial charge in [-0.3, -0.25) is 0 Å². The summed E-state index contributed by atoms with van der Waals surface area (Å²) in [5.74, 6) is 0.723. The third-order valence-corrected chi connectivity index (χ3v) is 1.96. The fraction of sp³-hybridized carbons (Fsp3) is 0.462. The molecule has 0 unspecified atom stereocenters. The molecule has 0 amide bonds. The van der Waals surface area contributed by atoms with E-state index in [-0.39, 0.29) is 12.0 Å². The molecule has 0 bridgehead atoms. The SMILES string of the molecule is CC(C)(C)CNc1cccc(OCC#N)c1. The fourth-order valence-electron chi connectivity index (χ4n) is 1.18. The highest BCUT2D eigenvalue weighted by Gasteiger charge is 2.09. The van der Waals surface area contributed by atoms with Gasteiger partial charge in [-0.1, -0.05) is 26.8 Å². The van der Waals surface area contributed by atoms with Crippen LogP contribution in [0.2, 0.25) is 0 Å². The van der Waals surface area contributed by atoms with Crippen LogP contribution >= 0.6 is 0 Å². The number of hydrogen-bond acceptors (Lipinski definition) is 3. The van der Waals surface area contributed by atoms with Crippen molar-refractivity contribution in [2.45, 2.75) is 20.8 Å². The molecule has 0 aliphatic rings. The first-order valence-electron chi connectivity index (χ1n) is 5.35. The van der Waals surface area contributed by atoms with Gasteiger partial charge in [-0.15, -0.1) is 0 Å². The quantitative estimate of drug-likeness (QED) is 0.844. The first-order chi connectivity index (χ1) is 7.51. The van der Waals surface area contributed by atoms with Crippen molar-refractivity contribution in [3.8, 4) is 11.8 Å². The maximum absolute atomic E-state index is 8.42. The lowest BCUT2D eigenvalue weighted by atomic mass is 9.97. The van der Waals surface area contributed by atoms with Crippen LogP contribution in [0.15, 0.2) is 24.3 Å². The molecular weight excluding hydrogens is 200 g/mol. The summed E-state index contributed by atoms with van der Waals surface area (Å²) in [6.45, 7) is 7.51. The van der Waals surface area contributed by atoms with E-state index in [1.165, 1.54) is 0 Å². The van der Waals surface area contributed by atoms with E-state index in [0.29, 0.717) is 0 Å². The second-order valence-corrected chi connectivity index (χ2v) is 4.89. The van der Waals surface area contributed by atoms with E-state index in [0.717, 1.165) is 18.0 Å². The molecule has 1 rings (SSSR count). The highest BCUT2D eigenvalue weighted by atomic mass is 16.5. The predicted molar refractivity (Wildman–Crippen MR) is 65.5 cm³/mol. The minimum Gasteiger partial charge on any atom is -0.479 e. The number of hydrogen-bond donors (Lipinski definition) is 1. The normalized spacial score (nSPS) is 10.6. The largest absolute Gasteiger partial charge is 0.479 e. The molecule has 0 aromatic heterocycles. The molecule has 1 aromatic rings. The van der Waals surface area contributed by atoms with Gasteiger partial charge in [0.1, 0.15) is 11.8 Å². The van der Waals surface area contributed by atoms with E-state index in [4.69, 9.17) is 10.00 Å². The molecule has 3 heteroatoms. The Morgan fingerprint density at radius 2 is 2.12 bits per heavy atom. The van der Waals surface area contributed by atoms with Crippen LogP contribution in [0, 0.1) is 16.7 Å². The summed E-state index contributed by atoms with van der Waals surface area (Å²) in [6, 6.07) is 9.61. The number of ether oxygens (including phenoxy) is 1. The van der Waals surface area contributed by atoms with Crippen molar-refractivity contribution >= 4 is 5.69 Å². The van der Waals surface area contributed by atoms with Gasteiger partial charge >= 0.3 is 0 Å². The van der Waals surface area contributed by atoms with Gasteiger partial charge in [0.2, 0.25) is 0 Å². The Labute approximate surface area is 97.0 Å². The van der Waals surface area contributed by atoms with Gasteiger partial charge in [0, 0.05) is 18.3 Å². The smallest absolute Gasteiger partial charge is 0.174 e. The molecule has 1 N–H and O–H groups in total. The van der Waals surface area contributed by atoms with Crippen LogP contribution in [0.1, 0.15) is 20.8 Å². The van der Waals surface area contributed by atoms with Gasteiger partial charge in [0.05, 0.1) is 0 Å². The van der Waals surface area contributed by atoms with E-state index in [2.05, 4.69) is 26.1 Å². The number of anilines is 1. The van der Waals surface area contributed by atoms with Crippen LogP contribution in [0.5, 0.6) is 5.75 Å². The Morgan fingerprint density at radius 3 is 2.75 bits per heavy atom. The van der Waals surface area contributed by atoms with E-state index in [1.807, 2.05) is 30.3 Å². The Morgan fingerprint density at radius 1 is 1.38 bits per heavy atom. The summed E-state index contributed by atoms with van der Waals surface area (Å²) in [7, 11) is 0. The number of benzene rings is 1. The fourth-order valence-corrected chi connectivity index (χ4v) is 1.18. The third kappa shape index (κ3) is 4.70. The lowest BCUT2D eigenvalue weighted by molar-refractivity contribution is 0.368. The summed E-state index contributed by atoms with van der Waals surface area (Å²) in [4.78, 5) is 0. The van der Waals surface area contributed by atoms with Gasteiger partial charge in [-0.05, 0) is 17.5 Å². The summed E-state index contributed by atoms with van der Waals surface area (Å²) in [5, 5.41) is 11.8. The molecule has 0 saturated heterocycles. The molecule has 0 aliphatic heterocycles. The zero-order valence-electron chi connectivity index (χ0n) is 10.1. The number of nitrogens with one attached hydrogen (secondary N) is 1. The number of rotatable bonds is 4. The van der Waals surface area contributed by atoms with Gasteiger partial charge in [0.25, 0.3) is 0 Å². The van der Waals surface area contributed by atoms with Crippen LogP contribution in [0.25, 0.3) is 0 Å². The van der Waals surface area contributed by atoms with Crippen LogP contribution in [0.3, 0.4) is 0 Å². The lowest BCUT2D eigenvalue weighted by Gasteiger charge is -2.19. The Bertz CT molecular complexity index is 374. The average Bonchev–Trinajstić information content (AvgIpc) is 2.23. The highest BCUT2D eigenvalue weighted by molar-refractivity contribution is 5.48. The molecule has 1 aromatic carbocycles. The minimum absolute atomic E-state index is 0.0860. The van der Waals surface area contributed by atoms with Crippen molar-refractivity contribution in [3.05, 3.63) is 24.3 Å². The van der Waals surface area contributed by atoms with Crippen molar-refractivity contribution in [1.82, 2.24) is 0 Å². The van der Waals surface area contributed by atoms with Crippen LogP contribution < -0.4 is 10.1 Å². The van der Waals surface area contributed by atoms with Crippen LogP contribution in [-0.4, -0.2) is 13.2 Å². The predicted octanol–water partition coefficient (Wildman–Crippen LogP) is 3.05. The molecular formula is C13H18N2O. The second-order valence-electron chi connectivity index (χ2n) is 4.89. The van der Waals surface area contributed by atoms with Gasteiger partial charge in [-0.2, -0.15) is 5.26 Å². The van der Waals surface area contributed by atoms with Crippen LogP contribution in [-0.2, 0) is 0 Å². The maximum Gasteiger partial charge on any atom is 0.174 e. The van der Waals surface area contributed by atoms with Gasteiger partial charge < -0.3 is 10.1 Å². The summed E-state index contributed by atoms with van der Waals surface area (Å²) < 4.78 is 5.23. The number of nitriles is 1. The molecule has 0 heterocycles. The minimum atomic E-state index is 0.0860. The molecule has 0 spiro atoms. The van der Waals surface area contributed by atoms with Crippen molar-refractivity contribution in [1.29, 1.82) is 5.26 Å². The first kappa shape index (κ1) is 12.4. The van der Waals surface area contributed by atoms with E-state index < -0.39 is 0 Å². The Balaban J connectivity index is 2.57. The van der Waals surface area contributed by atoms with Crippen LogP contribution in [0.4, 0.5) is 5.69 Å². The second kappa shape index (κ2) is 5.41. The molecule has 86 valence electrons. The number of nitrogens with zero attached hydrogens (tertiary/aromatic N) is 1. The Hall–Kier alpha value is -1.69. The zero-order valence-corrected chi connectivity index (χ0v) is 10.1. The molecule has 0 aliphatic carbocycles. The standard InChI is InChI=1S/C13H18N2O/c1-13(2,3)10-15-11-5-4-6-12(9-11)16-8-7-14/h4-6,9,15H,8,10H2,1-3H3. The van der Waals surface area contributed by atoms with Gasteiger partial charge in [0.15, 0.2) is 6.61 Å². The molecule has 3 nitrogen and oxygen atoms in total. The average molecular weight is 218 g/mol. The summed E-state index contributed by atoms with van der Waals surface area (Å²) in [5.41, 5.74) is 1.26. The third-order valence-electron chi connectivity index (χ3n) is 1.96. The van der Waals surface area contributed by atoms with Crippen molar-refractivity contribution in [3.63, 3.8) is 0 Å². The molecule has 0 atom stereocenters. The highest BCUT2D eigenvalue weighted by Crippen LogP contribution is 2.19. The van der Waals surface area contributed by atoms with Crippen molar-refractivity contribution in [2.75, 3.05) is 18.5 Å². The zero-order chi connectivity index (χ0) is 12.0. The lowest BCUT2D eigenvalue weighted by Crippen LogP contribution is -2.18. The van der Waals surface area contributed by atoms with Gasteiger partial charge in [-0.25, -0.2) is 0 Å². The monoisotopic (exact) mass is 218 g/mol. The van der Waals surface area contributed by atoms with E-state index >= 15 is 0 Å². The topological polar surface area (TPSA) is 45.0 Å². The van der Waals surface area contributed by atoms with Crippen molar-refractivity contribution < 1.29 is 4.74 Å². The van der Waals surface area contributed by atoms with E-state index in [1.54, 1.807) is 0 Å².